The molecule has 0 aromatic carbocycles. The SMILES string of the molecule is C=C[C@]1(OC)C[C@H]2CC(=C)[C@@H]3CC(C)(C)C[C@]231. The predicted octanol–water partition coefficient (Wildman–Crippen LogP) is 3.96. The van der Waals surface area contributed by atoms with Gasteiger partial charge in [0.2, 0.25) is 0 Å². The van der Waals surface area contributed by atoms with E-state index < -0.39 is 0 Å². The van der Waals surface area contributed by atoms with Gasteiger partial charge in [0.25, 0.3) is 0 Å². The van der Waals surface area contributed by atoms with Crippen LogP contribution in [0.1, 0.15) is 39.5 Å². The van der Waals surface area contributed by atoms with Gasteiger partial charge >= 0.3 is 0 Å². The molecular formula is C16H24O. The third-order valence-electron chi connectivity index (χ3n) is 5.91. The molecule has 17 heavy (non-hydrogen) atoms. The van der Waals surface area contributed by atoms with Crippen LogP contribution in [-0.4, -0.2) is 12.7 Å². The summed E-state index contributed by atoms with van der Waals surface area (Å²) < 4.78 is 5.92. The second kappa shape index (κ2) is 3.06. The van der Waals surface area contributed by atoms with Crippen LogP contribution in [0.25, 0.3) is 0 Å². The summed E-state index contributed by atoms with van der Waals surface area (Å²) in [5.41, 5.74) is 2.15. The highest BCUT2D eigenvalue weighted by atomic mass is 16.5. The Labute approximate surface area is 105 Å². The summed E-state index contributed by atoms with van der Waals surface area (Å²) in [4.78, 5) is 0. The molecule has 1 nitrogen and oxygen atoms in total. The Morgan fingerprint density at radius 1 is 1.35 bits per heavy atom. The predicted molar refractivity (Wildman–Crippen MR) is 70.7 cm³/mol. The molecule has 0 N–H and O–H groups in total. The second-order valence-electron chi connectivity index (χ2n) is 7.20. The smallest absolute Gasteiger partial charge is 0.0923 e. The molecule has 3 aliphatic carbocycles. The molecule has 3 saturated carbocycles. The van der Waals surface area contributed by atoms with Crippen molar-refractivity contribution in [2.24, 2.45) is 22.7 Å². The molecule has 0 amide bonds. The zero-order chi connectivity index (χ0) is 12.5. The van der Waals surface area contributed by atoms with Gasteiger partial charge in [-0.2, -0.15) is 0 Å². The van der Waals surface area contributed by atoms with Crippen LogP contribution in [0.3, 0.4) is 0 Å². The Morgan fingerprint density at radius 2 is 2.06 bits per heavy atom. The minimum Gasteiger partial charge on any atom is -0.374 e. The molecule has 94 valence electrons. The molecule has 3 rings (SSSR count). The summed E-state index contributed by atoms with van der Waals surface area (Å²) in [6, 6.07) is 0. The fraction of sp³-hybridized carbons (Fsp3) is 0.750. The average molecular weight is 232 g/mol. The van der Waals surface area contributed by atoms with Crippen molar-refractivity contribution < 1.29 is 4.74 Å². The van der Waals surface area contributed by atoms with Gasteiger partial charge < -0.3 is 4.74 Å². The zero-order valence-corrected chi connectivity index (χ0v) is 11.4. The second-order valence-corrected chi connectivity index (χ2v) is 7.20. The van der Waals surface area contributed by atoms with Gasteiger partial charge in [-0.3, -0.25) is 0 Å². The summed E-state index contributed by atoms with van der Waals surface area (Å²) in [5.74, 6) is 1.45. The summed E-state index contributed by atoms with van der Waals surface area (Å²) in [6.07, 6.45) is 7.00. The maximum atomic E-state index is 5.92. The molecule has 3 aliphatic rings. The quantitative estimate of drug-likeness (QED) is 0.655. The molecule has 0 heterocycles. The first kappa shape index (κ1) is 11.5. The van der Waals surface area contributed by atoms with Gasteiger partial charge in [0.15, 0.2) is 0 Å². The highest BCUT2D eigenvalue weighted by Gasteiger charge is 2.74. The minimum atomic E-state index is -0.0739. The Hall–Kier alpha value is -0.560. The first-order valence-electron chi connectivity index (χ1n) is 6.77. The molecule has 0 aromatic rings. The molecular weight excluding hydrogens is 208 g/mol. The monoisotopic (exact) mass is 232 g/mol. The van der Waals surface area contributed by atoms with E-state index in [2.05, 4.69) is 33.1 Å². The van der Waals surface area contributed by atoms with Crippen LogP contribution in [0, 0.1) is 22.7 Å². The normalized spacial score (nSPS) is 50.6. The molecule has 0 saturated heterocycles. The van der Waals surface area contributed by atoms with E-state index in [0.717, 1.165) is 12.3 Å². The van der Waals surface area contributed by atoms with Gasteiger partial charge in [0.1, 0.15) is 0 Å². The number of allylic oxidation sites excluding steroid dienone is 1. The Balaban J connectivity index is 2.08. The van der Waals surface area contributed by atoms with Crippen molar-refractivity contribution in [3.05, 3.63) is 24.8 Å². The van der Waals surface area contributed by atoms with Gasteiger partial charge in [-0.05, 0) is 42.9 Å². The van der Waals surface area contributed by atoms with Crippen LogP contribution in [0.2, 0.25) is 0 Å². The molecule has 0 bridgehead atoms. The lowest BCUT2D eigenvalue weighted by Crippen LogP contribution is -2.62. The Bertz CT molecular complexity index is 394. The molecule has 1 spiro atoms. The molecule has 0 unspecified atom stereocenters. The number of hydrogen-bond acceptors (Lipinski definition) is 1. The Morgan fingerprint density at radius 3 is 2.65 bits per heavy atom. The van der Waals surface area contributed by atoms with Crippen molar-refractivity contribution >= 4 is 0 Å². The maximum Gasteiger partial charge on any atom is 0.0923 e. The fourth-order valence-electron chi connectivity index (χ4n) is 5.40. The van der Waals surface area contributed by atoms with Crippen LogP contribution >= 0.6 is 0 Å². The largest absolute Gasteiger partial charge is 0.374 e. The van der Waals surface area contributed by atoms with Gasteiger partial charge in [0, 0.05) is 12.5 Å². The minimum absolute atomic E-state index is 0.0739. The third kappa shape index (κ3) is 1.10. The van der Waals surface area contributed by atoms with Crippen LogP contribution < -0.4 is 0 Å². The first-order chi connectivity index (χ1) is 7.91. The molecule has 0 radical (unpaired) electrons. The van der Waals surface area contributed by atoms with Gasteiger partial charge in [0.05, 0.1) is 5.60 Å². The first-order valence-corrected chi connectivity index (χ1v) is 6.77. The van der Waals surface area contributed by atoms with E-state index >= 15 is 0 Å². The maximum absolute atomic E-state index is 5.92. The van der Waals surface area contributed by atoms with E-state index in [1.165, 1.54) is 24.8 Å². The molecule has 3 fully saturated rings. The van der Waals surface area contributed by atoms with Crippen molar-refractivity contribution in [3.8, 4) is 0 Å². The highest BCUT2D eigenvalue weighted by Crippen LogP contribution is 2.77. The van der Waals surface area contributed by atoms with Crippen molar-refractivity contribution in [1.29, 1.82) is 0 Å². The average Bonchev–Trinajstić information content (AvgIpc) is 2.67. The summed E-state index contributed by atoms with van der Waals surface area (Å²) >= 11 is 0. The topological polar surface area (TPSA) is 9.23 Å². The summed E-state index contributed by atoms with van der Waals surface area (Å²) in [5, 5.41) is 0. The lowest BCUT2D eigenvalue weighted by Gasteiger charge is -2.60. The van der Waals surface area contributed by atoms with Gasteiger partial charge in [-0.25, -0.2) is 0 Å². The number of methoxy groups -OCH3 is 1. The van der Waals surface area contributed by atoms with E-state index in [1.807, 2.05) is 7.11 Å². The van der Waals surface area contributed by atoms with Crippen LogP contribution in [-0.2, 0) is 4.74 Å². The highest BCUT2D eigenvalue weighted by molar-refractivity contribution is 5.36. The van der Waals surface area contributed by atoms with E-state index in [4.69, 9.17) is 4.74 Å². The van der Waals surface area contributed by atoms with E-state index in [9.17, 15) is 0 Å². The third-order valence-corrected chi connectivity index (χ3v) is 5.91. The molecule has 0 aliphatic heterocycles. The zero-order valence-electron chi connectivity index (χ0n) is 11.4. The number of rotatable bonds is 2. The standard InChI is InChI=1S/C16H24O/c1-6-15(17-5)8-12-7-11(2)13-9-14(3,4)10-16(12,13)15/h6,12-13H,1-2,7-10H2,3-5H3/t12-,13+,15+,16+/m1/s1. The molecule has 1 heteroatoms. The van der Waals surface area contributed by atoms with Crippen LogP contribution in [0.5, 0.6) is 0 Å². The molecule has 0 aromatic heterocycles. The van der Waals surface area contributed by atoms with Gasteiger partial charge in [-0.15, -0.1) is 6.58 Å². The Kier molecular flexibility index (Phi) is 2.07. The van der Waals surface area contributed by atoms with Crippen molar-refractivity contribution in [1.82, 2.24) is 0 Å². The van der Waals surface area contributed by atoms with E-state index in [-0.39, 0.29) is 5.60 Å². The van der Waals surface area contributed by atoms with Crippen LogP contribution in [0.4, 0.5) is 0 Å². The number of hydrogen-bond donors (Lipinski definition) is 0. The fourth-order valence-corrected chi connectivity index (χ4v) is 5.40. The van der Waals surface area contributed by atoms with Crippen molar-refractivity contribution in [2.45, 2.75) is 45.1 Å². The van der Waals surface area contributed by atoms with Gasteiger partial charge in [-0.1, -0.05) is 32.1 Å². The number of ether oxygens (including phenoxy) is 1. The van der Waals surface area contributed by atoms with Crippen LogP contribution in [0.15, 0.2) is 24.8 Å². The van der Waals surface area contributed by atoms with Crippen molar-refractivity contribution in [3.63, 3.8) is 0 Å². The van der Waals surface area contributed by atoms with Crippen molar-refractivity contribution in [2.75, 3.05) is 7.11 Å². The summed E-state index contributed by atoms with van der Waals surface area (Å²) in [7, 11) is 1.86. The van der Waals surface area contributed by atoms with E-state index in [0.29, 0.717) is 16.7 Å². The molecule has 4 atom stereocenters. The lowest BCUT2D eigenvalue weighted by molar-refractivity contribution is -0.197. The summed E-state index contributed by atoms with van der Waals surface area (Å²) in [6.45, 7) is 13.2. The lowest BCUT2D eigenvalue weighted by atomic mass is 9.48. The van der Waals surface area contributed by atoms with E-state index in [1.54, 1.807) is 0 Å².